The molecule has 0 spiro atoms. The van der Waals surface area contributed by atoms with Gasteiger partial charge in [0.2, 0.25) is 0 Å². The maximum atomic E-state index is 12.2. The van der Waals surface area contributed by atoms with E-state index in [1.54, 1.807) is 18.2 Å². The summed E-state index contributed by atoms with van der Waals surface area (Å²) in [6.45, 7) is 9.48. The highest BCUT2D eigenvalue weighted by atomic mass is 35.5. The van der Waals surface area contributed by atoms with Gasteiger partial charge in [0.1, 0.15) is 5.75 Å². The molecule has 1 aliphatic heterocycles. The summed E-state index contributed by atoms with van der Waals surface area (Å²) < 4.78 is 6.03. The topological polar surface area (TPSA) is 83.7 Å². The second-order valence-corrected chi connectivity index (χ2v) is 8.61. The smallest absolute Gasteiger partial charge is 0.252 e. The number of benzene rings is 2. The first-order valence-electron chi connectivity index (χ1n) is 11.0. The van der Waals surface area contributed by atoms with Gasteiger partial charge in [-0.1, -0.05) is 36.2 Å². The number of fused-ring (bicyclic) bond motifs is 1. The van der Waals surface area contributed by atoms with Gasteiger partial charge in [-0.3, -0.25) is 9.78 Å². The zero-order chi connectivity index (χ0) is 23.5. The Bertz CT molecular complexity index is 1180. The van der Waals surface area contributed by atoms with Crippen molar-refractivity contribution in [3.05, 3.63) is 52.1 Å². The molecule has 0 radical (unpaired) electrons. The molecule has 0 saturated carbocycles. The average molecular weight is 488 g/mol. The molecule has 4 rings (SSSR count). The van der Waals surface area contributed by atoms with Crippen molar-refractivity contribution in [3.63, 3.8) is 0 Å². The van der Waals surface area contributed by atoms with Crippen LogP contribution in [0.5, 0.6) is 5.75 Å². The summed E-state index contributed by atoms with van der Waals surface area (Å²) in [7, 11) is 0. The van der Waals surface area contributed by atoms with Crippen molar-refractivity contribution >= 4 is 57.1 Å². The number of hydrogen-bond acceptors (Lipinski definition) is 6. The third-order valence-corrected chi connectivity index (χ3v) is 6.70. The number of anilines is 3. The van der Waals surface area contributed by atoms with E-state index in [2.05, 4.69) is 27.0 Å². The summed E-state index contributed by atoms with van der Waals surface area (Å²) in [5.41, 5.74) is 8.72. The zero-order valence-electron chi connectivity index (χ0n) is 18.7. The number of likely N-dealkylation sites (N-methyl/N-ethyl adjacent to an activating group) is 1. The van der Waals surface area contributed by atoms with E-state index in [0.29, 0.717) is 33.4 Å². The fourth-order valence-electron chi connectivity index (χ4n) is 4.09. The Morgan fingerprint density at radius 2 is 1.94 bits per heavy atom. The van der Waals surface area contributed by atoms with Gasteiger partial charge < -0.3 is 25.6 Å². The lowest BCUT2D eigenvalue weighted by atomic mass is 10.1. The standard InChI is InChI=1S/C24H27Cl2N5O2/c1-3-30-8-10-31(11-9-30)20-13-19-15(12-21(20)33-4-2)23(16(14-28-19)24(27)32)29-18-7-5-6-17(25)22(18)26/h5-7,12-14H,3-4,8-11H2,1-2H3,(H2,27,32)(H,28,29). The number of carbonyl (C=O) groups excluding carboxylic acids is 1. The maximum absolute atomic E-state index is 12.2. The first-order chi connectivity index (χ1) is 15.9. The van der Waals surface area contributed by atoms with Crippen LogP contribution >= 0.6 is 23.2 Å². The zero-order valence-corrected chi connectivity index (χ0v) is 20.2. The largest absolute Gasteiger partial charge is 0.492 e. The van der Waals surface area contributed by atoms with Crippen molar-refractivity contribution in [3.8, 4) is 5.75 Å². The monoisotopic (exact) mass is 487 g/mol. The van der Waals surface area contributed by atoms with Crippen molar-refractivity contribution in [1.82, 2.24) is 9.88 Å². The predicted molar refractivity (Wildman–Crippen MR) is 136 cm³/mol. The summed E-state index contributed by atoms with van der Waals surface area (Å²) in [6, 6.07) is 9.20. The lowest BCUT2D eigenvalue weighted by molar-refractivity contribution is 0.100. The van der Waals surface area contributed by atoms with Crippen molar-refractivity contribution in [2.75, 3.05) is 49.5 Å². The lowest BCUT2D eigenvalue weighted by Gasteiger charge is -2.36. The Morgan fingerprint density at radius 3 is 2.61 bits per heavy atom. The van der Waals surface area contributed by atoms with Crippen LogP contribution in [0.4, 0.5) is 17.1 Å². The summed E-state index contributed by atoms with van der Waals surface area (Å²) in [5, 5.41) is 4.73. The number of carbonyl (C=O) groups is 1. The molecule has 1 aromatic heterocycles. The molecule has 1 aliphatic rings. The SMILES string of the molecule is CCOc1cc2c(Nc3cccc(Cl)c3Cl)c(C(N)=O)cnc2cc1N1CCN(CC)CC1. The van der Waals surface area contributed by atoms with Crippen LogP contribution in [0.2, 0.25) is 10.0 Å². The number of ether oxygens (including phenoxy) is 1. The van der Waals surface area contributed by atoms with Gasteiger partial charge in [0, 0.05) is 37.8 Å². The van der Waals surface area contributed by atoms with Gasteiger partial charge in [0.25, 0.3) is 5.91 Å². The highest BCUT2D eigenvalue weighted by molar-refractivity contribution is 6.43. The molecule has 33 heavy (non-hydrogen) atoms. The molecule has 9 heteroatoms. The first-order valence-corrected chi connectivity index (χ1v) is 11.8. The minimum atomic E-state index is -0.595. The molecule has 3 N–H and O–H groups in total. The number of nitrogens with two attached hydrogens (primary N) is 1. The van der Waals surface area contributed by atoms with Gasteiger partial charge in [-0.25, -0.2) is 0 Å². The molecule has 0 aliphatic carbocycles. The number of primary amides is 1. The lowest BCUT2D eigenvalue weighted by Crippen LogP contribution is -2.46. The summed E-state index contributed by atoms with van der Waals surface area (Å²) in [4.78, 5) is 21.5. The first kappa shape index (κ1) is 23.4. The van der Waals surface area contributed by atoms with Crippen LogP contribution in [-0.4, -0.2) is 55.1 Å². The fourth-order valence-corrected chi connectivity index (χ4v) is 4.44. The molecule has 7 nitrogen and oxygen atoms in total. The van der Waals surface area contributed by atoms with Gasteiger partial charge >= 0.3 is 0 Å². The summed E-state index contributed by atoms with van der Waals surface area (Å²) in [5.74, 6) is 0.140. The van der Waals surface area contributed by atoms with Crippen LogP contribution in [0.1, 0.15) is 24.2 Å². The molecule has 2 aromatic carbocycles. The normalized spacial score (nSPS) is 14.5. The molecule has 0 atom stereocenters. The fraction of sp³-hybridized carbons (Fsp3) is 0.333. The van der Waals surface area contributed by atoms with Crippen molar-refractivity contribution < 1.29 is 9.53 Å². The summed E-state index contributed by atoms with van der Waals surface area (Å²) >= 11 is 12.6. The van der Waals surface area contributed by atoms with E-state index in [0.717, 1.165) is 49.7 Å². The quantitative estimate of drug-likeness (QED) is 0.491. The number of aromatic nitrogens is 1. The van der Waals surface area contributed by atoms with Crippen LogP contribution in [0, 0.1) is 0 Å². The van der Waals surface area contributed by atoms with E-state index in [1.807, 2.05) is 19.1 Å². The number of nitrogens with zero attached hydrogens (tertiary/aromatic N) is 3. The minimum Gasteiger partial charge on any atom is -0.492 e. The number of rotatable bonds is 7. The molecule has 1 fully saturated rings. The van der Waals surface area contributed by atoms with Crippen molar-refractivity contribution in [2.24, 2.45) is 5.73 Å². The van der Waals surface area contributed by atoms with Gasteiger partial charge in [0.15, 0.2) is 0 Å². The minimum absolute atomic E-state index is 0.255. The highest BCUT2D eigenvalue weighted by Gasteiger charge is 2.22. The van der Waals surface area contributed by atoms with Crippen molar-refractivity contribution in [2.45, 2.75) is 13.8 Å². The van der Waals surface area contributed by atoms with Gasteiger partial charge in [0.05, 0.1) is 44.8 Å². The van der Waals surface area contributed by atoms with E-state index in [9.17, 15) is 4.79 Å². The molecular weight excluding hydrogens is 461 g/mol. The van der Waals surface area contributed by atoms with Crippen LogP contribution in [0.25, 0.3) is 10.9 Å². The summed E-state index contributed by atoms with van der Waals surface area (Å²) in [6.07, 6.45) is 1.49. The molecule has 3 aromatic rings. The molecule has 174 valence electrons. The molecule has 0 unspecified atom stereocenters. The predicted octanol–water partition coefficient (Wildman–Crippen LogP) is 4.92. The Labute approximate surface area is 203 Å². The third kappa shape index (κ3) is 4.81. The molecular formula is C24H27Cl2N5O2. The number of hydrogen-bond donors (Lipinski definition) is 2. The second kappa shape index (κ2) is 10.0. The van der Waals surface area contributed by atoms with Crippen LogP contribution in [0.3, 0.4) is 0 Å². The third-order valence-electron chi connectivity index (χ3n) is 5.89. The molecule has 1 saturated heterocycles. The molecule has 2 heterocycles. The van der Waals surface area contributed by atoms with E-state index in [1.165, 1.54) is 6.20 Å². The van der Waals surface area contributed by atoms with Crippen LogP contribution in [-0.2, 0) is 0 Å². The maximum Gasteiger partial charge on any atom is 0.252 e. The molecule has 1 amide bonds. The number of piperazine rings is 1. The Balaban J connectivity index is 1.84. The Kier molecular flexibility index (Phi) is 7.12. The van der Waals surface area contributed by atoms with Crippen LogP contribution < -0.4 is 20.7 Å². The van der Waals surface area contributed by atoms with Gasteiger partial charge in [-0.15, -0.1) is 0 Å². The number of pyridine rings is 1. The van der Waals surface area contributed by atoms with E-state index < -0.39 is 5.91 Å². The second-order valence-electron chi connectivity index (χ2n) is 7.83. The van der Waals surface area contributed by atoms with Gasteiger partial charge in [-0.05, 0) is 37.7 Å². The van der Waals surface area contributed by atoms with E-state index >= 15 is 0 Å². The van der Waals surface area contributed by atoms with E-state index in [4.69, 9.17) is 33.7 Å². The average Bonchev–Trinajstić information content (AvgIpc) is 2.82. The number of amides is 1. The van der Waals surface area contributed by atoms with E-state index in [-0.39, 0.29) is 5.56 Å². The Hall–Kier alpha value is -2.74. The number of nitrogens with one attached hydrogen (secondary N) is 1. The van der Waals surface area contributed by atoms with Crippen molar-refractivity contribution in [1.29, 1.82) is 0 Å². The van der Waals surface area contributed by atoms with Crippen LogP contribution in [0.15, 0.2) is 36.5 Å². The number of halogens is 2. The highest BCUT2D eigenvalue weighted by Crippen LogP contribution is 2.40. The van der Waals surface area contributed by atoms with Gasteiger partial charge in [-0.2, -0.15) is 0 Å². The molecule has 0 bridgehead atoms. The Morgan fingerprint density at radius 1 is 1.18 bits per heavy atom.